The van der Waals surface area contributed by atoms with E-state index in [0.29, 0.717) is 0 Å². The number of rotatable bonds is 1. The molecule has 1 aliphatic rings. The maximum Gasteiger partial charge on any atom is 0.169 e. The van der Waals surface area contributed by atoms with Crippen molar-refractivity contribution in [3.8, 4) is 0 Å². The fourth-order valence-electron chi connectivity index (χ4n) is 2.49. The van der Waals surface area contributed by atoms with E-state index in [1.54, 1.807) is 0 Å². The van der Waals surface area contributed by atoms with Crippen LogP contribution in [0.5, 0.6) is 0 Å². The van der Waals surface area contributed by atoms with Crippen molar-refractivity contribution in [3.63, 3.8) is 0 Å². The smallest absolute Gasteiger partial charge is 0.169 e. The highest BCUT2D eigenvalue weighted by Gasteiger charge is 2.30. The molecule has 0 atom stereocenters. The lowest BCUT2D eigenvalue weighted by atomic mass is 10.0. The zero-order valence-corrected chi connectivity index (χ0v) is 10.9. The highest BCUT2D eigenvalue weighted by molar-refractivity contribution is 5.94. The minimum atomic E-state index is -1.31. The molecule has 0 spiro atoms. The van der Waals surface area contributed by atoms with Gasteiger partial charge in [-0.2, -0.15) is 0 Å². The van der Waals surface area contributed by atoms with E-state index >= 15 is 0 Å². The van der Waals surface area contributed by atoms with Gasteiger partial charge in [-0.25, -0.2) is 22.0 Å². The van der Waals surface area contributed by atoms with E-state index in [4.69, 9.17) is 0 Å². The number of hydrogen-bond acceptors (Lipinski definition) is 0. The maximum atomic E-state index is 14.3. The van der Waals surface area contributed by atoms with Gasteiger partial charge in [-0.05, 0) is 24.1 Å². The first-order valence-electron chi connectivity index (χ1n) is 6.22. The zero-order valence-electron chi connectivity index (χ0n) is 10.9. The van der Waals surface area contributed by atoms with E-state index in [2.05, 4.69) is 0 Å². The van der Waals surface area contributed by atoms with E-state index in [0.717, 1.165) is 6.07 Å². The van der Waals surface area contributed by atoms with Gasteiger partial charge >= 0.3 is 0 Å². The molecule has 0 bridgehead atoms. The molecule has 0 unspecified atom stereocenters. The number of allylic oxidation sites excluding steroid dienone is 1. The quantitative estimate of drug-likeness (QED) is 0.653. The summed E-state index contributed by atoms with van der Waals surface area (Å²) >= 11 is 0. The molecule has 0 saturated carbocycles. The van der Waals surface area contributed by atoms with E-state index in [1.165, 1.54) is 25.1 Å². The molecule has 2 aromatic carbocycles. The number of halogens is 5. The number of hydrogen-bond donors (Lipinski definition) is 0. The topological polar surface area (TPSA) is 0 Å². The van der Waals surface area contributed by atoms with Crippen molar-refractivity contribution in [2.75, 3.05) is 0 Å². The zero-order chi connectivity index (χ0) is 15.3. The Hall–Kier alpha value is -2.17. The molecule has 1 aliphatic carbocycles. The molecular formula is C16H9F5. The van der Waals surface area contributed by atoms with Crippen LogP contribution in [0.4, 0.5) is 22.0 Å². The van der Waals surface area contributed by atoms with Gasteiger partial charge in [-0.3, -0.25) is 0 Å². The van der Waals surface area contributed by atoms with E-state index < -0.39 is 34.7 Å². The summed E-state index contributed by atoms with van der Waals surface area (Å²) in [4.78, 5) is 0. The Kier molecular flexibility index (Phi) is 3.08. The summed E-state index contributed by atoms with van der Waals surface area (Å²) in [7, 11) is 0. The molecule has 0 aromatic heterocycles. The van der Waals surface area contributed by atoms with Crippen molar-refractivity contribution in [2.45, 2.75) is 13.3 Å². The highest BCUT2D eigenvalue weighted by Crippen LogP contribution is 2.42. The predicted molar refractivity (Wildman–Crippen MR) is 69.1 cm³/mol. The third-order valence-corrected chi connectivity index (χ3v) is 3.63. The fraction of sp³-hybridized carbons (Fsp3) is 0.125. The third-order valence-electron chi connectivity index (χ3n) is 3.63. The van der Waals surface area contributed by atoms with Gasteiger partial charge in [0.05, 0.1) is 5.56 Å². The monoisotopic (exact) mass is 296 g/mol. The van der Waals surface area contributed by atoms with E-state index in [9.17, 15) is 22.0 Å². The summed E-state index contributed by atoms with van der Waals surface area (Å²) in [5, 5.41) is 0. The number of fused-ring (bicyclic) bond motifs is 1. The molecule has 0 aliphatic heterocycles. The largest absolute Gasteiger partial charge is 0.206 e. The molecule has 0 radical (unpaired) electrons. The normalized spacial score (nSPS) is 13.8. The molecule has 5 heteroatoms. The molecule has 0 fully saturated rings. The highest BCUT2D eigenvalue weighted by atomic mass is 19.2. The molecule has 0 N–H and O–H groups in total. The van der Waals surface area contributed by atoms with Crippen LogP contribution in [0.3, 0.4) is 0 Å². The first kappa shape index (κ1) is 13.8. The summed E-state index contributed by atoms with van der Waals surface area (Å²) in [5.74, 6) is -5.80. The van der Waals surface area contributed by atoms with Crippen LogP contribution < -0.4 is 0 Å². The second-order valence-corrected chi connectivity index (χ2v) is 4.92. The Balaban J connectivity index is 2.21. The van der Waals surface area contributed by atoms with Crippen LogP contribution in [-0.2, 0) is 6.42 Å². The Morgan fingerprint density at radius 1 is 0.810 bits per heavy atom. The third kappa shape index (κ3) is 1.95. The van der Waals surface area contributed by atoms with Gasteiger partial charge in [0.2, 0.25) is 0 Å². The first-order chi connectivity index (χ1) is 9.91. The summed E-state index contributed by atoms with van der Waals surface area (Å²) in [6.07, 6.45) is -0.113. The van der Waals surface area contributed by atoms with Gasteiger partial charge in [0, 0.05) is 17.6 Å². The second kappa shape index (κ2) is 4.69. The van der Waals surface area contributed by atoms with Crippen LogP contribution in [0.15, 0.2) is 24.3 Å². The average molecular weight is 296 g/mol. The summed E-state index contributed by atoms with van der Waals surface area (Å²) in [6, 6.07) is 4.68. The molecule has 3 rings (SSSR count). The number of benzene rings is 2. The van der Waals surface area contributed by atoms with Crippen LogP contribution in [0.2, 0.25) is 0 Å². The molecular weight excluding hydrogens is 287 g/mol. The van der Waals surface area contributed by atoms with Crippen LogP contribution in [0, 0.1) is 30.2 Å². The SMILES string of the molecule is Cc1ccc(C2=C(F)c3c(ccc(F)c3F)C2)c(F)c1F. The minimum Gasteiger partial charge on any atom is -0.206 e. The molecule has 2 aromatic rings. The molecule has 108 valence electrons. The van der Waals surface area contributed by atoms with E-state index in [-0.39, 0.29) is 28.7 Å². The predicted octanol–water partition coefficient (Wildman–Crippen LogP) is 4.95. The van der Waals surface area contributed by atoms with Crippen molar-refractivity contribution in [1.82, 2.24) is 0 Å². The fourth-order valence-corrected chi connectivity index (χ4v) is 2.49. The molecule has 0 amide bonds. The average Bonchev–Trinajstić information content (AvgIpc) is 2.78. The van der Waals surface area contributed by atoms with Crippen LogP contribution in [0.1, 0.15) is 22.3 Å². The van der Waals surface area contributed by atoms with Gasteiger partial charge < -0.3 is 0 Å². The first-order valence-corrected chi connectivity index (χ1v) is 6.22. The van der Waals surface area contributed by atoms with Gasteiger partial charge in [-0.15, -0.1) is 0 Å². The van der Waals surface area contributed by atoms with Crippen molar-refractivity contribution in [1.29, 1.82) is 0 Å². The van der Waals surface area contributed by atoms with Crippen LogP contribution in [0.25, 0.3) is 11.4 Å². The van der Waals surface area contributed by atoms with Crippen molar-refractivity contribution >= 4 is 11.4 Å². The lowest BCUT2D eigenvalue weighted by Gasteiger charge is -2.07. The Labute approximate surface area is 117 Å². The van der Waals surface area contributed by atoms with Gasteiger partial charge in [-0.1, -0.05) is 18.2 Å². The van der Waals surface area contributed by atoms with Crippen LogP contribution in [-0.4, -0.2) is 0 Å². The summed E-state index contributed by atoms with van der Waals surface area (Å²) in [5.41, 5.74) is -0.658. The molecule has 0 nitrogen and oxygen atoms in total. The van der Waals surface area contributed by atoms with Crippen molar-refractivity contribution in [3.05, 3.63) is 69.8 Å². The molecule has 0 saturated heterocycles. The second-order valence-electron chi connectivity index (χ2n) is 4.92. The molecule has 21 heavy (non-hydrogen) atoms. The maximum absolute atomic E-state index is 14.3. The van der Waals surface area contributed by atoms with Crippen molar-refractivity contribution < 1.29 is 22.0 Å². The summed E-state index contributed by atoms with van der Waals surface area (Å²) < 4.78 is 68.7. The lowest BCUT2D eigenvalue weighted by molar-refractivity contribution is 0.500. The van der Waals surface area contributed by atoms with Gasteiger partial charge in [0.15, 0.2) is 23.3 Å². The van der Waals surface area contributed by atoms with Gasteiger partial charge in [0.1, 0.15) is 5.83 Å². The standard InChI is InChI=1S/C16H9F5/c1-7-2-4-9(15(20)13(7)18)10-6-8-3-5-11(17)16(21)12(8)14(10)19/h2-5H,6H2,1H3. The summed E-state index contributed by atoms with van der Waals surface area (Å²) in [6.45, 7) is 1.38. The Morgan fingerprint density at radius 2 is 1.52 bits per heavy atom. The van der Waals surface area contributed by atoms with Crippen molar-refractivity contribution in [2.24, 2.45) is 0 Å². The Morgan fingerprint density at radius 3 is 2.24 bits per heavy atom. The Bertz CT molecular complexity index is 790. The van der Waals surface area contributed by atoms with Gasteiger partial charge in [0.25, 0.3) is 0 Å². The lowest BCUT2D eigenvalue weighted by Crippen LogP contribution is -1.97. The van der Waals surface area contributed by atoms with E-state index in [1.807, 2.05) is 0 Å². The number of aryl methyl sites for hydroxylation is 1. The molecule has 0 heterocycles. The van der Waals surface area contributed by atoms with Crippen LogP contribution >= 0.6 is 0 Å². The minimum absolute atomic E-state index is 0.0880.